The predicted molar refractivity (Wildman–Crippen MR) is 79.3 cm³/mol. The zero-order chi connectivity index (χ0) is 15.0. The maximum atomic E-state index is 11.6. The molecule has 1 atom stereocenters. The second kappa shape index (κ2) is 5.10. The number of ether oxygens (including phenoxy) is 1. The van der Waals surface area contributed by atoms with Crippen LogP contribution in [0.1, 0.15) is 43.9 Å². The third-order valence-electron chi connectivity index (χ3n) is 3.19. The first-order chi connectivity index (χ1) is 9.17. The highest BCUT2D eigenvalue weighted by molar-refractivity contribution is 6.15. The van der Waals surface area contributed by atoms with E-state index in [1.165, 1.54) is 6.08 Å². The lowest BCUT2D eigenvalue weighted by Gasteiger charge is -2.18. The molecule has 0 amide bonds. The molecule has 3 nitrogen and oxygen atoms in total. The van der Waals surface area contributed by atoms with Crippen molar-refractivity contribution in [2.45, 2.75) is 44.7 Å². The Balaban J connectivity index is 2.11. The monoisotopic (exact) mass is 270 g/mol. The van der Waals surface area contributed by atoms with Gasteiger partial charge in [0.25, 0.3) is 0 Å². The van der Waals surface area contributed by atoms with Gasteiger partial charge in [-0.05, 0) is 56.4 Å². The zero-order valence-electron chi connectivity index (χ0n) is 12.1. The Morgan fingerprint density at radius 2 is 2.15 bits per heavy atom. The molecule has 0 fully saturated rings. The first-order valence-corrected chi connectivity index (χ1v) is 6.73. The average molecular weight is 270 g/mol. The smallest absolute Gasteiger partial charge is 0.331 e. The summed E-state index contributed by atoms with van der Waals surface area (Å²) in [5.74, 6) is -0.367. The molecule has 1 aromatic rings. The first kappa shape index (κ1) is 14.9. The van der Waals surface area contributed by atoms with Crippen LogP contribution in [0.25, 0.3) is 6.08 Å². The fraction of sp³-hybridized carbons (Fsp3) is 0.438. The molecule has 1 unspecified atom stereocenters. The Kier molecular flexibility index (Phi) is 3.78. The minimum atomic E-state index is -1.22. The van der Waals surface area contributed by atoms with E-state index in [1.54, 1.807) is 6.08 Å². The number of esters is 1. The lowest BCUT2D eigenvalue weighted by molar-refractivity contribution is -0.148. The Bertz CT molecular complexity index is 553. The fourth-order valence-corrected chi connectivity index (χ4v) is 2.31. The molecule has 20 heavy (non-hydrogen) atoms. The fourth-order valence-electron chi connectivity index (χ4n) is 2.31. The largest absolute Gasteiger partial charge is 0.457 e. The van der Waals surface area contributed by atoms with E-state index >= 15 is 0 Å². The number of fused-ring (bicyclic) bond motifs is 1. The second-order valence-electron chi connectivity index (χ2n) is 6.21. The van der Waals surface area contributed by atoms with Crippen LogP contribution in [0.5, 0.6) is 0 Å². The molecule has 0 saturated heterocycles. The van der Waals surface area contributed by atoms with Crippen molar-refractivity contribution in [3.63, 3.8) is 0 Å². The average Bonchev–Trinajstić information content (AvgIpc) is 2.60. The van der Waals surface area contributed by atoms with Crippen LogP contribution >= 0.6 is 0 Å². The van der Waals surface area contributed by atoms with Gasteiger partial charge in [0.2, 0.25) is 0 Å². The van der Waals surface area contributed by atoms with Crippen molar-refractivity contribution in [2.24, 2.45) is 0 Å². The van der Waals surface area contributed by atoms with E-state index in [4.69, 9.17) is 12.6 Å². The lowest BCUT2D eigenvalue weighted by atomic mass is 9.77. The topological polar surface area (TPSA) is 46.5 Å². The van der Waals surface area contributed by atoms with E-state index in [9.17, 15) is 9.90 Å². The number of aliphatic hydroxyl groups is 1. The molecular formula is C16H19BO3. The molecule has 1 N–H and O–H groups in total. The van der Waals surface area contributed by atoms with Crippen LogP contribution in [-0.4, -0.2) is 24.5 Å². The standard InChI is InChI=1S/C16H19BO3/c1-15(2,3)20-14(18)7-5-11-4-6-13-12(10-11)8-9-16(13,17)19/h4-7,10,19H,8-9H2,1-3H3/b7-5+. The predicted octanol–water partition coefficient (Wildman–Crippen LogP) is 2.30. The number of hydrogen-bond donors (Lipinski definition) is 1. The van der Waals surface area contributed by atoms with Gasteiger partial charge in [0.1, 0.15) is 13.4 Å². The minimum absolute atomic E-state index is 0.367. The van der Waals surface area contributed by atoms with Crippen molar-refractivity contribution in [3.8, 4) is 0 Å². The van der Waals surface area contributed by atoms with Gasteiger partial charge < -0.3 is 9.84 Å². The molecule has 4 heteroatoms. The molecule has 0 spiro atoms. The summed E-state index contributed by atoms with van der Waals surface area (Å²) in [4.78, 5) is 11.6. The highest BCUT2D eigenvalue weighted by atomic mass is 16.6. The molecule has 0 aliphatic heterocycles. The number of benzene rings is 1. The van der Waals surface area contributed by atoms with Crippen molar-refractivity contribution in [2.75, 3.05) is 0 Å². The molecule has 104 valence electrons. The van der Waals surface area contributed by atoms with Gasteiger partial charge in [0, 0.05) is 11.6 Å². The molecule has 0 saturated carbocycles. The van der Waals surface area contributed by atoms with Crippen molar-refractivity contribution in [3.05, 3.63) is 41.0 Å². The quantitative estimate of drug-likeness (QED) is 0.509. The molecular weight excluding hydrogens is 251 g/mol. The number of carbonyl (C=O) groups excluding carboxylic acids is 1. The third kappa shape index (κ3) is 3.51. The van der Waals surface area contributed by atoms with E-state index < -0.39 is 11.1 Å². The van der Waals surface area contributed by atoms with Gasteiger partial charge in [-0.3, -0.25) is 0 Å². The van der Waals surface area contributed by atoms with Gasteiger partial charge in [0.05, 0.1) is 0 Å². The number of carbonyl (C=O) groups is 1. The molecule has 2 rings (SSSR count). The zero-order valence-corrected chi connectivity index (χ0v) is 12.1. The Morgan fingerprint density at radius 1 is 1.45 bits per heavy atom. The van der Waals surface area contributed by atoms with Gasteiger partial charge in [-0.2, -0.15) is 0 Å². The van der Waals surface area contributed by atoms with Gasteiger partial charge in [-0.1, -0.05) is 18.2 Å². The van der Waals surface area contributed by atoms with Gasteiger partial charge in [-0.15, -0.1) is 0 Å². The molecule has 1 aliphatic rings. The Labute approximate surface area is 121 Å². The van der Waals surface area contributed by atoms with Gasteiger partial charge in [0.15, 0.2) is 0 Å². The van der Waals surface area contributed by atoms with Crippen molar-refractivity contribution in [1.82, 2.24) is 0 Å². The normalized spacial score (nSPS) is 22.0. The molecule has 1 aromatic carbocycles. The number of rotatable bonds is 2. The molecule has 0 heterocycles. The number of aryl methyl sites for hydroxylation is 1. The SMILES string of the molecule is [B]C1(O)CCc2cc(/C=C/C(=O)OC(C)(C)C)ccc21. The van der Waals surface area contributed by atoms with E-state index in [2.05, 4.69) is 0 Å². The van der Waals surface area contributed by atoms with Crippen LogP contribution in [0.4, 0.5) is 0 Å². The second-order valence-corrected chi connectivity index (χ2v) is 6.21. The highest BCUT2D eigenvalue weighted by Gasteiger charge is 2.30. The summed E-state index contributed by atoms with van der Waals surface area (Å²) in [6.07, 6.45) is 4.40. The number of hydrogen-bond acceptors (Lipinski definition) is 3. The van der Waals surface area contributed by atoms with E-state index in [0.29, 0.717) is 6.42 Å². The van der Waals surface area contributed by atoms with Crippen molar-refractivity contribution < 1.29 is 14.6 Å². The summed E-state index contributed by atoms with van der Waals surface area (Å²) in [5, 5.41) is 9.97. The van der Waals surface area contributed by atoms with Crippen LogP contribution < -0.4 is 0 Å². The molecule has 1 aliphatic carbocycles. The van der Waals surface area contributed by atoms with Gasteiger partial charge >= 0.3 is 5.97 Å². The summed E-state index contributed by atoms with van der Waals surface area (Å²) < 4.78 is 5.20. The molecule has 2 radical (unpaired) electrons. The summed E-state index contributed by atoms with van der Waals surface area (Å²) in [7, 11) is 5.79. The Morgan fingerprint density at radius 3 is 2.80 bits per heavy atom. The van der Waals surface area contributed by atoms with Crippen LogP contribution in [-0.2, 0) is 21.5 Å². The lowest BCUT2D eigenvalue weighted by Crippen LogP contribution is -2.22. The maximum absolute atomic E-state index is 11.6. The van der Waals surface area contributed by atoms with Crippen LogP contribution in [0.3, 0.4) is 0 Å². The minimum Gasteiger partial charge on any atom is -0.457 e. The van der Waals surface area contributed by atoms with E-state index in [-0.39, 0.29) is 5.97 Å². The highest BCUT2D eigenvalue weighted by Crippen LogP contribution is 2.34. The van der Waals surface area contributed by atoms with Gasteiger partial charge in [-0.25, -0.2) is 4.79 Å². The summed E-state index contributed by atoms with van der Waals surface area (Å²) in [6.45, 7) is 5.49. The van der Waals surface area contributed by atoms with Crippen LogP contribution in [0.2, 0.25) is 0 Å². The maximum Gasteiger partial charge on any atom is 0.331 e. The molecule has 0 aromatic heterocycles. The summed E-state index contributed by atoms with van der Waals surface area (Å²) in [5.41, 5.74) is 0.985. The van der Waals surface area contributed by atoms with Crippen molar-refractivity contribution >= 4 is 19.9 Å². The Hall–Kier alpha value is -1.55. The van der Waals surface area contributed by atoms with Crippen molar-refractivity contribution in [1.29, 1.82) is 0 Å². The van der Waals surface area contributed by atoms with E-state index in [0.717, 1.165) is 23.1 Å². The van der Waals surface area contributed by atoms with Crippen LogP contribution in [0, 0.1) is 0 Å². The van der Waals surface area contributed by atoms with E-state index in [1.807, 2.05) is 39.0 Å². The first-order valence-electron chi connectivity index (χ1n) is 6.73. The molecule has 0 bridgehead atoms. The summed E-state index contributed by atoms with van der Waals surface area (Å²) in [6, 6.07) is 5.60. The van der Waals surface area contributed by atoms with Crippen LogP contribution in [0.15, 0.2) is 24.3 Å². The summed E-state index contributed by atoms with van der Waals surface area (Å²) >= 11 is 0. The third-order valence-corrected chi connectivity index (χ3v) is 3.19.